The fourth-order valence-electron chi connectivity index (χ4n) is 0.935. The number of halogens is 3. The monoisotopic (exact) mass is 192 g/mol. The lowest BCUT2D eigenvalue weighted by Gasteiger charge is -2.10. The third-order valence-corrected chi connectivity index (χ3v) is 1.47. The molecule has 72 valence electrons. The Morgan fingerprint density at radius 2 is 1.85 bits per heavy atom. The molecule has 2 nitrogen and oxygen atoms in total. The van der Waals surface area contributed by atoms with Crippen molar-refractivity contribution in [3.05, 3.63) is 29.8 Å². The Morgan fingerprint density at radius 1 is 1.23 bits per heavy atom. The molecule has 13 heavy (non-hydrogen) atoms. The van der Waals surface area contributed by atoms with Crippen LogP contribution in [-0.4, -0.2) is 6.36 Å². The number of hydrogen-bond donors (Lipinski definition) is 1. The average Bonchev–Trinajstić information content (AvgIpc) is 2.02. The van der Waals surface area contributed by atoms with E-state index in [0.29, 0.717) is 5.56 Å². The van der Waals surface area contributed by atoms with Crippen molar-refractivity contribution in [1.29, 1.82) is 0 Å². The quantitative estimate of drug-likeness (QED) is 0.753. The standard InChI is InChI=1S/C8H8F3NO/c9-8(10,11)13-7-4-2-1-3-6(7)5-12/h1-4H,5,12H2/p+1. The van der Waals surface area contributed by atoms with E-state index < -0.39 is 6.36 Å². The van der Waals surface area contributed by atoms with Crippen molar-refractivity contribution < 1.29 is 23.6 Å². The zero-order valence-electron chi connectivity index (χ0n) is 6.77. The molecule has 0 saturated carbocycles. The molecule has 0 aromatic heterocycles. The van der Waals surface area contributed by atoms with E-state index in [-0.39, 0.29) is 12.3 Å². The van der Waals surface area contributed by atoms with E-state index in [1.165, 1.54) is 12.1 Å². The molecule has 1 aromatic carbocycles. The normalized spacial score (nSPS) is 11.4. The smallest absolute Gasteiger partial charge is 0.405 e. The van der Waals surface area contributed by atoms with Crippen LogP contribution >= 0.6 is 0 Å². The lowest BCUT2D eigenvalue weighted by atomic mass is 10.2. The molecule has 0 spiro atoms. The molecule has 5 heteroatoms. The van der Waals surface area contributed by atoms with Gasteiger partial charge in [-0.05, 0) is 12.1 Å². The summed E-state index contributed by atoms with van der Waals surface area (Å²) in [6, 6.07) is 5.95. The van der Waals surface area contributed by atoms with Crippen molar-refractivity contribution in [2.75, 3.05) is 0 Å². The van der Waals surface area contributed by atoms with Gasteiger partial charge in [-0.2, -0.15) is 0 Å². The molecule has 3 N–H and O–H groups in total. The summed E-state index contributed by atoms with van der Waals surface area (Å²) in [6.07, 6.45) is -4.63. The average molecular weight is 192 g/mol. The van der Waals surface area contributed by atoms with E-state index >= 15 is 0 Å². The third kappa shape index (κ3) is 2.95. The molecule has 0 radical (unpaired) electrons. The van der Waals surface area contributed by atoms with Crippen LogP contribution in [-0.2, 0) is 6.54 Å². The third-order valence-electron chi connectivity index (χ3n) is 1.47. The van der Waals surface area contributed by atoms with Crippen LogP contribution in [0.2, 0.25) is 0 Å². The van der Waals surface area contributed by atoms with Crippen LogP contribution in [0.5, 0.6) is 5.75 Å². The van der Waals surface area contributed by atoms with E-state index in [0.717, 1.165) is 0 Å². The SMILES string of the molecule is [NH3+]Cc1ccccc1OC(F)(F)F. The van der Waals surface area contributed by atoms with Crippen LogP contribution in [0.1, 0.15) is 5.56 Å². The van der Waals surface area contributed by atoms with Crippen LogP contribution in [0.15, 0.2) is 24.3 Å². The fourth-order valence-corrected chi connectivity index (χ4v) is 0.935. The van der Waals surface area contributed by atoms with Crippen LogP contribution in [0.25, 0.3) is 0 Å². The highest BCUT2D eigenvalue weighted by atomic mass is 19.4. The van der Waals surface area contributed by atoms with Crippen LogP contribution in [0.4, 0.5) is 13.2 Å². The van der Waals surface area contributed by atoms with Gasteiger partial charge < -0.3 is 10.5 Å². The maximum absolute atomic E-state index is 11.8. The topological polar surface area (TPSA) is 36.9 Å². The van der Waals surface area contributed by atoms with Gasteiger partial charge in [0, 0.05) is 5.56 Å². The molecule has 1 rings (SSSR count). The first-order valence-electron chi connectivity index (χ1n) is 3.66. The molecule has 0 atom stereocenters. The highest BCUT2D eigenvalue weighted by Gasteiger charge is 2.31. The Balaban J connectivity index is 2.87. The Kier molecular flexibility index (Phi) is 2.77. The molecular weight excluding hydrogens is 183 g/mol. The van der Waals surface area contributed by atoms with Gasteiger partial charge in [0.2, 0.25) is 0 Å². The molecule has 0 saturated heterocycles. The summed E-state index contributed by atoms with van der Waals surface area (Å²) in [5.74, 6) is -0.176. The molecule has 0 amide bonds. The van der Waals surface area contributed by atoms with Gasteiger partial charge in [-0.1, -0.05) is 12.1 Å². The first kappa shape index (κ1) is 9.85. The molecule has 0 fully saturated rings. The molecule has 0 bridgehead atoms. The van der Waals surface area contributed by atoms with Gasteiger partial charge in [0.1, 0.15) is 12.3 Å². The number of ether oxygens (including phenoxy) is 1. The highest BCUT2D eigenvalue weighted by Crippen LogP contribution is 2.25. The van der Waals surface area contributed by atoms with E-state index in [4.69, 9.17) is 0 Å². The van der Waals surface area contributed by atoms with Gasteiger partial charge >= 0.3 is 6.36 Å². The molecule has 0 aliphatic carbocycles. The largest absolute Gasteiger partial charge is 0.573 e. The second-order valence-electron chi connectivity index (χ2n) is 2.41. The van der Waals surface area contributed by atoms with Gasteiger partial charge in [0.15, 0.2) is 0 Å². The highest BCUT2D eigenvalue weighted by molar-refractivity contribution is 5.32. The zero-order chi connectivity index (χ0) is 9.90. The predicted molar refractivity (Wildman–Crippen MR) is 39.7 cm³/mol. The van der Waals surface area contributed by atoms with Gasteiger partial charge in [-0.25, -0.2) is 0 Å². The minimum absolute atomic E-state index is 0.176. The maximum atomic E-state index is 11.8. The van der Waals surface area contributed by atoms with E-state index in [2.05, 4.69) is 10.5 Å². The second-order valence-corrected chi connectivity index (χ2v) is 2.41. The molecule has 0 unspecified atom stereocenters. The van der Waals surface area contributed by atoms with Crippen molar-refractivity contribution in [1.82, 2.24) is 0 Å². The Hall–Kier alpha value is -1.23. The Bertz CT molecular complexity index is 285. The summed E-state index contributed by atoms with van der Waals surface area (Å²) >= 11 is 0. The summed E-state index contributed by atoms with van der Waals surface area (Å²) in [5.41, 5.74) is 3.94. The zero-order valence-corrected chi connectivity index (χ0v) is 6.77. The number of quaternary nitrogens is 1. The summed E-state index contributed by atoms with van der Waals surface area (Å²) in [5, 5.41) is 0. The van der Waals surface area contributed by atoms with Crippen LogP contribution < -0.4 is 10.5 Å². The fraction of sp³-hybridized carbons (Fsp3) is 0.250. The van der Waals surface area contributed by atoms with Gasteiger partial charge in [-0.3, -0.25) is 0 Å². The Labute approximate surface area is 73.1 Å². The predicted octanol–water partition coefficient (Wildman–Crippen LogP) is 1.33. The summed E-state index contributed by atoms with van der Waals surface area (Å²) < 4.78 is 39.2. The number of rotatable bonds is 2. The minimum atomic E-state index is -4.63. The van der Waals surface area contributed by atoms with E-state index in [9.17, 15) is 13.2 Å². The van der Waals surface area contributed by atoms with Gasteiger partial charge in [0.25, 0.3) is 0 Å². The molecule has 0 aliphatic rings. The number of hydrogen-bond acceptors (Lipinski definition) is 1. The molecule has 1 aromatic rings. The molecule has 0 aliphatic heterocycles. The summed E-state index contributed by atoms with van der Waals surface area (Å²) in [6.45, 7) is 0.270. The minimum Gasteiger partial charge on any atom is -0.405 e. The number of benzene rings is 1. The van der Waals surface area contributed by atoms with Crippen molar-refractivity contribution in [3.63, 3.8) is 0 Å². The molecular formula is C8H9F3NO+. The van der Waals surface area contributed by atoms with Crippen molar-refractivity contribution in [2.24, 2.45) is 0 Å². The summed E-state index contributed by atoms with van der Waals surface area (Å²) in [7, 11) is 0. The van der Waals surface area contributed by atoms with Crippen LogP contribution in [0.3, 0.4) is 0 Å². The Morgan fingerprint density at radius 3 is 2.38 bits per heavy atom. The maximum Gasteiger partial charge on any atom is 0.573 e. The number of alkyl halides is 3. The van der Waals surface area contributed by atoms with E-state index in [1.807, 2.05) is 0 Å². The van der Waals surface area contributed by atoms with Crippen molar-refractivity contribution in [2.45, 2.75) is 12.9 Å². The van der Waals surface area contributed by atoms with E-state index in [1.54, 1.807) is 12.1 Å². The first-order valence-corrected chi connectivity index (χ1v) is 3.66. The first-order chi connectivity index (χ1) is 6.03. The second kappa shape index (κ2) is 3.66. The van der Waals surface area contributed by atoms with Crippen molar-refractivity contribution in [3.8, 4) is 5.75 Å². The van der Waals surface area contributed by atoms with Gasteiger partial charge in [0.05, 0.1) is 0 Å². The number of para-hydroxylation sites is 1. The van der Waals surface area contributed by atoms with Crippen LogP contribution in [0, 0.1) is 0 Å². The van der Waals surface area contributed by atoms with Gasteiger partial charge in [-0.15, -0.1) is 13.2 Å². The van der Waals surface area contributed by atoms with Crippen molar-refractivity contribution >= 4 is 0 Å². The molecule has 0 heterocycles. The summed E-state index contributed by atoms with van der Waals surface area (Å²) in [4.78, 5) is 0. The lowest BCUT2D eigenvalue weighted by Crippen LogP contribution is -2.47. The lowest BCUT2D eigenvalue weighted by molar-refractivity contribution is -0.387.